The van der Waals surface area contributed by atoms with Crippen molar-refractivity contribution < 1.29 is 9.18 Å². The Morgan fingerprint density at radius 3 is 2.61 bits per heavy atom. The van der Waals surface area contributed by atoms with E-state index in [0.29, 0.717) is 19.5 Å². The van der Waals surface area contributed by atoms with Gasteiger partial charge in [0, 0.05) is 23.8 Å². The number of urea groups is 1. The fourth-order valence-electron chi connectivity index (χ4n) is 3.13. The molecular formula is C22H26FN3OS. The summed E-state index contributed by atoms with van der Waals surface area (Å²) in [6, 6.07) is 14.8. The molecule has 0 aliphatic carbocycles. The SMILES string of the molecule is CN(C)C(CNC(=O)NCCc1ccc(F)cc1)Cc1csc2ccccc12. The van der Waals surface area contributed by atoms with Crippen LogP contribution in [0.3, 0.4) is 0 Å². The van der Waals surface area contributed by atoms with Crippen LogP contribution in [0.2, 0.25) is 0 Å². The molecule has 0 bridgehead atoms. The minimum Gasteiger partial charge on any atom is -0.338 e. The lowest BCUT2D eigenvalue weighted by Gasteiger charge is -2.24. The molecule has 0 aliphatic rings. The number of likely N-dealkylation sites (N-methyl/N-ethyl adjacent to an activating group) is 1. The molecule has 2 aromatic carbocycles. The van der Waals surface area contributed by atoms with Crippen LogP contribution in [0.15, 0.2) is 53.9 Å². The number of benzene rings is 2. The molecule has 4 nitrogen and oxygen atoms in total. The molecule has 1 aromatic heterocycles. The van der Waals surface area contributed by atoms with Crippen molar-refractivity contribution in [1.82, 2.24) is 15.5 Å². The number of thiophene rings is 1. The van der Waals surface area contributed by atoms with Crippen molar-refractivity contribution in [1.29, 1.82) is 0 Å². The molecule has 0 saturated heterocycles. The molecule has 1 atom stereocenters. The van der Waals surface area contributed by atoms with E-state index in [-0.39, 0.29) is 17.9 Å². The lowest BCUT2D eigenvalue weighted by molar-refractivity contribution is 0.232. The van der Waals surface area contributed by atoms with Crippen LogP contribution in [0.5, 0.6) is 0 Å². The van der Waals surface area contributed by atoms with Gasteiger partial charge in [0.05, 0.1) is 0 Å². The zero-order valence-electron chi connectivity index (χ0n) is 16.2. The zero-order chi connectivity index (χ0) is 19.9. The third-order valence-corrected chi connectivity index (χ3v) is 5.87. The van der Waals surface area contributed by atoms with E-state index in [2.05, 4.69) is 45.2 Å². The molecule has 148 valence electrons. The Balaban J connectivity index is 1.47. The van der Waals surface area contributed by atoms with Crippen LogP contribution in [0.1, 0.15) is 11.1 Å². The van der Waals surface area contributed by atoms with Crippen molar-refractivity contribution in [2.24, 2.45) is 0 Å². The van der Waals surface area contributed by atoms with Crippen molar-refractivity contribution in [3.63, 3.8) is 0 Å². The van der Waals surface area contributed by atoms with Crippen molar-refractivity contribution >= 4 is 27.5 Å². The first kappa shape index (κ1) is 20.3. The number of rotatable bonds is 8. The van der Waals surface area contributed by atoms with Crippen molar-refractivity contribution in [3.8, 4) is 0 Å². The largest absolute Gasteiger partial charge is 0.338 e. The fraction of sp³-hybridized carbons (Fsp3) is 0.318. The smallest absolute Gasteiger partial charge is 0.314 e. The number of halogens is 1. The van der Waals surface area contributed by atoms with E-state index in [4.69, 9.17) is 0 Å². The number of nitrogens with zero attached hydrogens (tertiary/aromatic N) is 1. The normalized spacial score (nSPS) is 12.3. The molecule has 1 heterocycles. The fourth-order valence-corrected chi connectivity index (χ4v) is 4.10. The van der Waals surface area contributed by atoms with Gasteiger partial charge >= 0.3 is 6.03 Å². The molecule has 0 fully saturated rings. The standard InChI is InChI=1S/C22H26FN3OS/c1-26(2)19(13-17-15-28-21-6-4-3-5-20(17)21)14-25-22(27)24-12-11-16-7-9-18(23)10-8-16/h3-10,15,19H,11-14H2,1-2H3,(H2,24,25,27). The number of fused-ring (bicyclic) bond motifs is 1. The topological polar surface area (TPSA) is 44.4 Å². The summed E-state index contributed by atoms with van der Waals surface area (Å²) in [5.74, 6) is -0.248. The summed E-state index contributed by atoms with van der Waals surface area (Å²) in [5.41, 5.74) is 2.31. The maximum atomic E-state index is 12.9. The number of nitrogens with one attached hydrogen (secondary N) is 2. The van der Waals surface area contributed by atoms with Crippen LogP contribution < -0.4 is 10.6 Å². The van der Waals surface area contributed by atoms with E-state index in [1.807, 2.05) is 14.1 Å². The molecule has 2 amide bonds. The molecule has 3 rings (SSSR count). The summed E-state index contributed by atoms with van der Waals surface area (Å²) >= 11 is 1.76. The highest BCUT2D eigenvalue weighted by molar-refractivity contribution is 7.17. The molecule has 0 aliphatic heterocycles. The molecule has 0 saturated carbocycles. The predicted molar refractivity (Wildman–Crippen MR) is 115 cm³/mol. The van der Waals surface area contributed by atoms with Gasteiger partial charge in [0.15, 0.2) is 0 Å². The number of amides is 2. The Hall–Kier alpha value is -2.44. The lowest BCUT2D eigenvalue weighted by atomic mass is 10.0. The quantitative estimate of drug-likeness (QED) is 0.600. The monoisotopic (exact) mass is 399 g/mol. The number of carbonyl (C=O) groups is 1. The van der Waals surface area contributed by atoms with E-state index >= 15 is 0 Å². The second-order valence-electron chi connectivity index (χ2n) is 7.09. The average Bonchev–Trinajstić information content (AvgIpc) is 3.09. The van der Waals surface area contributed by atoms with Crippen LogP contribution in [0, 0.1) is 5.82 Å². The first-order valence-electron chi connectivity index (χ1n) is 9.40. The summed E-state index contributed by atoms with van der Waals surface area (Å²) in [7, 11) is 4.07. The highest BCUT2D eigenvalue weighted by Gasteiger charge is 2.16. The molecular weight excluding hydrogens is 373 g/mol. The highest BCUT2D eigenvalue weighted by Crippen LogP contribution is 2.27. The van der Waals surface area contributed by atoms with Crippen LogP contribution in [-0.4, -0.2) is 44.2 Å². The van der Waals surface area contributed by atoms with E-state index in [1.54, 1.807) is 23.5 Å². The summed E-state index contributed by atoms with van der Waals surface area (Å²) in [4.78, 5) is 14.3. The highest BCUT2D eigenvalue weighted by atomic mass is 32.1. The Labute approximate surface area is 169 Å². The zero-order valence-corrected chi connectivity index (χ0v) is 17.1. The number of hydrogen-bond donors (Lipinski definition) is 2. The van der Waals surface area contributed by atoms with E-state index in [1.165, 1.54) is 27.8 Å². The minimum absolute atomic E-state index is 0.177. The van der Waals surface area contributed by atoms with E-state index in [0.717, 1.165) is 12.0 Å². The number of carbonyl (C=O) groups excluding carboxylic acids is 1. The molecule has 2 N–H and O–H groups in total. The van der Waals surface area contributed by atoms with Gasteiger partial charge in [-0.2, -0.15) is 0 Å². The van der Waals surface area contributed by atoms with Gasteiger partial charge in [-0.25, -0.2) is 9.18 Å². The average molecular weight is 400 g/mol. The maximum absolute atomic E-state index is 12.9. The van der Waals surface area contributed by atoms with Gasteiger partial charge in [0.25, 0.3) is 0 Å². The Kier molecular flexibility index (Phi) is 7.01. The van der Waals surface area contributed by atoms with Gasteiger partial charge in [0.1, 0.15) is 5.82 Å². The molecule has 6 heteroatoms. The molecule has 28 heavy (non-hydrogen) atoms. The minimum atomic E-state index is -0.248. The first-order chi connectivity index (χ1) is 13.5. The molecule has 1 unspecified atom stereocenters. The summed E-state index contributed by atoms with van der Waals surface area (Å²) < 4.78 is 14.2. The van der Waals surface area contributed by atoms with Gasteiger partial charge in [-0.05, 0) is 67.0 Å². The van der Waals surface area contributed by atoms with Crippen molar-refractivity contribution in [3.05, 3.63) is 70.9 Å². The second kappa shape index (κ2) is 9.66. The van der Waals surface area contributed by atoms with Crippen LogP contribution >= 0.6 is 11.3 Å². The van der Waals surface area contributed by atoms with Crippen LogP contribution in [0.4, 0.5) is 9.18 Å². The van der Waals surface area contributed by atoms with E-state index in [9.17, 15) is 9.18 Å². The van der Waals surface area contributed by atoms with Crippen molar-refractivity contribution in [2.75, 3.05) is 27.2 Å². The first-order valence-corrected chi connectivity index (χ1v) is 10.3. The predicted octanol–water partition coefficient (Wildman–Crippen LogP) is 4.06. The summed E-state index contributed by atoms with van der Waals surface area (Å²) in [6.07, 6.45) is 1.55. The van der Waals surface area contributed by atoms with Gasteiger partial charge in [-0.15, -0.1) is 11.3 Å². The Bertz CT molecular complexity index is 908. The summed E-state index contributed by atoms with van der Waals surface area (Å²) in [5, 5.41) is 9.35. The molecule has 0 spiro atoms. The summed E-state index contributed by atoms with van der Waals surface area (Å²) in [6.45, 7) is 1.08. The van der Waals surface area contributed by atoms with Crippen LogP contribution in [0.25, 0.3) is 10.1 Å². The third-order valence-electron chi connectivity index (χ3n) is 4.86. The molecule has 3 aromatic rings. The van der Waals surface area contributed by atoms with Gasteiger partial charge < -0.3 is 15.5 Å². The van der Waals surface area contributed by atoms with Gasteiger partial charge in [0.2, 0.25) is 0 Å². The van der Waals surface area contributed by atoms with Gasteiger partial charge in [-0.1, -0.05) is 30.3 Å². The molecule has 0 radical (unpaired) electrons. The van der Waals surface area contributed by atoms with Gasteiger partial charge in [-0.3, -0.25) is 0 Å². The van der Waals surface area contributed by atoms with E-state index < -0.39 is 0 Å². The Morgan fingerprint density at radius 1 is 1.11 bits per heavy atom. The van der Waals surface area contributed by atoms with Crippen molar-refractivity contribution in [2.45, 2.75) is 18.9 Å². The third kappa shape index (κ3) is 5.53. The van der Waals surface area contributed by atoms with Crippen LogP contribution in [-0.2, 0) is 12.8 Å². The number of hydrogen-bond acceptors (Lipinski definition) is 3. The second-order valence-corrected chi connectivity index (χ2v) is 8.00. The maximum Gasteiger partial charge on any atom is 0.314 e. The lowest BCUT2D eigenvalue weighted by Crippen LogP contribution is -2.45. The Morgan fingerprint density at radius 2 is 1.86 bits per heavy atom.